The van der Waals surface area contributed by atoms with Crippen LogP contribution in [0.25, 0.3) is 10.9 Å². The topological polar surface area (TPSA) is 122 Å². The Balaban J connectivity index is 1.28. The van der Waals surface area contributed by atoms with Crippen LogP contribution in [-0.2, 0) is 22.7 Å². The van der Waals surface area contributed by atoms with E-state index in [4.69, 9.17) is 16.3 Å². The molecular weight excluding hydrogens is 584 g/mol. The van der Waals surface area contributed by atoms with Crippen LogP contribution in [0.2, 0.25) is 5.02 Å². The standard InChI is InChI=1S/C30H30ClF2N5O5/c1-17(39)23-15-37(25-8-7-21(11-22(23)25)43-30(42)36-13-20-5-3-9-34-20)16-27(40)38-14-19(32)10-26(38)29(41)35-12-18-4-2-6-24(31)28(18)33/h2,4,6-8,11,15,19,26H,3,5,9-10,12-14,16H2,1H3,(H,35,41)(H,36,42)/t19-,26+/m1/s1. The molecule has 0 spiro atoms. The summed E-state index contributed by atoms with van der Waals surface area (Å²) in [5.41, 5.74) is 1.88. The average Bonchev–Trinajstić information content (AvgIpc) is 3.72. The molecule has 5 rings (SSSR count). The third kappa shape index (κ3) is 6.85. The summed E-state index contributed by atoms with van der Waals surface area (Å²) in [6.07, 6.45) is 1.03. The lowest BCUT2D eigenvalue weighted by Crippen LogP contribution is -2.46. The lowest BCUT2D eigenvalue weighted by molar-refractivity contribution is -0.139. The fourth-order valence-corrected chi connectivity index (χ4v) is 5.54. The zero-order chi connectivity index (χ0) is 30.7. The van der Waals surface area contributed by atoms with E-state index in [1.54, 1.807) is 28.8 Å². The normalized spacial score (nSPS) is 18.0. The van der Waals surface area contributed by atoms with Crippen LogP contribution in [0.15, 0.2) is 47.6 Å². The molecular formula is C30H30ClF2N5O5. The summed E-state index contributed by atoms with van der Waals surface area (Å²) in [5, 5.41) is 5.61. The number of nitrogens with one attached hydrogen (secondary N) is 2. The number of aliphatic imine (C=N–C) groups is 1. The minimum atomic E-state index is -1.41. The number of benzene rings is 2. The number of amides is 3. The fraction of sp³-hybridized carbons (Fsp3) is 0.367. The predicted molar refractivity (Wildman–Crippen MR) is 156 cm³/mol. The van der Waals surface area contributed by atoms with E-state index in [0.29, 0.717) is 23.0 Å². The van der Waals surface area contributed by atoms with Gasteiger partial charge in [-0.1, -0.05) is 23.7 Å². The zero-order valence-electron chi connectivity index (χ0n) is 23.4. The second-order valence-electron chi connectivity index (χ2n) is 10.5. The maximum Gasteiger partial charge on any atom is 0.412 e. The molecule has 1 aromatic heterocycles. The smallest absolute Gasteiger partial charge is 0.410 e. The molecule has 0 unspecified atom stereocenters. The Morgan fingerprint density at radius 2 is 1.95 bits per heavy atom. The van der Waals surface area contributed by atoms with E-state index < -0.39 is 35.9 Å². The number of Topliss-reactive ketones (excluding diaryl/α,β-unsaturated/α-hetero) is 1. The molecule has 43 heavy (non-hydrogen) atoms. The summed E-state index contributed by atoms with van der Waals surface area (Å²) in [6, 6.07) is 8.00. The number of carbonyl (C=O) groups excluding carboxylic acids is 4. The van der Waals surface area contributed by atoms with Crippen LogP contribution in [0.1, 0.15) is 42.1 Å². The molecule has 3 heterocycles. The van der Waals surface area contributed by atoms with Crippen molar-refractivity contribution in [2.24, 2.45) is 4.99 Å². The summed E-state index contributed by atoms with van der Waals surface area (Å²) in [7, 11) is 0. The summed E-state index contributed by atoms with van der Waals surface area (Å²) in [5.74, 6) is -1.88. The predicted octanol–water partition coefficient (Wildman–Crippen LogP) is 4.22. The van der Waals surface area contributed by atoms with Gasteiger partial charge in [-0.15, -0.1) is 0 Å². The second kappa shape index (κ2) is 12.9. The number of carbonyl (C=O) groups is 4. The Hall–Kier alpha value is -4.32. The van der Waals surface area contributed by atoms with Crippen LogP contribution in [0, 0.1) is 5.82 Å². The van der Waals surface area contributed by atoms with Gasteiger partial charge in [-0.2, -0.15) is 0 Å². The van der Waals surface area contributed by atoms with Crippen molar-refractivity contribution in [3.05, 3.63) is 64.6 Å². The number of ketones is 1. The molecule has 0 saturated carbocycles. The van der Waals surface area contributed by atoms with E-state index in [1.807, 2.05) is 0 Å². The summed E-state index contributed by atoms with van der Waals surface area (Å²) < 4.78 is 35.6. The molecule has 3 amide bonds. The molecule has 1 saturated heterocycles. The minimum absolute atomic E-state index is 0.0891. The van der Waals surface area contributed by atoms with Gasteiger partial charge in [0.1, 0.15) is 30.3 Å². The highest BCUT2D eigenvalue weighted by molar-refractivity contribution is 6.30. The molecule has 10 nitrogen and oxygen atoms in total. The van der Waals surface area contributed by atoms with Crippen LogP contribution >= 0.6 is 11.6 Å². The van der Waals surface area contributed by atoms with Crippen molar-refractivity contribution in [3.8, 4) is 5.75 Å². The van der Waals surface area contributed by atoms with E-state index in [0.717, 1.165) is 30.0 Å². The van der Waals surface area contributed by atoms with Gasteiger partial charge in [-0.3, -0.25) is 19.4 Å². The minimum Gasteiger partial charge on any atom is -0.410 e. The van der Waals surface area contributed by atoms with Crippen molar-refractivity contribution in [1.82, 2.24) is 20.1 Å². The van der Waals surface area contributed by atoms with Crippen molar-refractivity contribution < 1.29 is 32.7 Å². The highest BCUT2D eigenvalue weighted by atomic mass is 35.5. The quantitative estimate of drug-likeness (QED) is 0.350. The lowest BCUT2D eigenvalue weighted by Gasteiger charge is -2.24. The van der Waals surface area contributed by atoms with Gasteiger partial charge in [-0.25, -0.2) is 13.6 Å². The Morgan fingerprint density at radius 1 is 1.14 bits per heavy atom. The maximum absolute atomic E-state index is 14.5. The molecule has 0 bridgehead atoms. The highest BCUT2D eigenvalue weighted by Gasteiger charge is 2.39. The first-order valence-corrected chi connectivity index (χ1v) is 14.2. The number of nitrogens with zero attached hydrogens (tertiary/aromatic N) is 3. The van der Waals surface area contributed by atoms with E-state index in [9.17, 15) is 28.0 Å². The van der Waals surface area contributed by atoms with Crippen molar-refractivity contribution in [1.29, 1.82) is 0 Å². The van der Waals surface area contributed by atoms with Crippen LogP contribution in [-0.4, -0.2) is 70.7 Å². The van der Waals surface area contributed by atoms with Crippen LogP contribution in [0.3, 0.4) is 0 Å². The third-order valence-corrected chi connectivity index (χ3v) is 7.79. The molecule has 1 fully saturated rings. The fourth-order valence-electron chi connectivity index (χ4n) is 5.34. The molecule has 0 aliphatic carbocycles. The van der Waals surface area contributed by atoms with Gasteiger partial charge in [0.25, 0.3) is 0 Å². The van der Waals surface area contributed by atoms with Crippen LogP contribution in [0.5, 0.6) is 5.75 Å². The number of hydrogen-bond donors (Lipinski definition) is 2. The summed E-state index contributed by atoms with van der Waals surface area (Å²) in [6.45, 7) is 1.70. The number of aromatic nitrogens is 1. The summed E-state index contributed by atoms with van der Waals surface area (Å²) >= 11 is 5.80. The molecule has 226 valence electrons. The number of likely N-dealkylation sites (tertiary alicyclic amines) is 1. The molecule has 2 aromatic carbocycles. The first-order chi connectivity index (χ1) is 20.6. The van der Waals surface area contributed by atoms with Crippen LogP contribution < -0.4 is 15.4 Å². The van der Waals surface area contributed by atoms with Crippen molar-refractivity contribution in [3.63, 3.8) is 0 Å². The Kier molecular flexibility index (Phi) is 9.05. The molecule has 2 aliphatic heterocycles. The number of hydrogen-bond acceptors (Lipinski definition) is 6. The van der Waals surface area contributed by atoms with Gasteiger partial charge in [-0.05, 0) is 44.0 Å². The molecule has 2 atom stereocenters. The van der Waals surface area contributed by atoms with E-state index >= 15 is 0 Å². The van der Waals surface area contributed by atoms with Crippen molar-refractivity contribution in [2.45, 2.75) is 51.5 Å². The van der Waals surface area contributed by atoms with Gasteiger partial charge in [0.05, 0.1) is 18.1 Å². The Labute approximate surface area is 251 Å². The van der Waals surface area contributed by atoms with E-state index in [2.05, 4.69) is 15.6 Å². The second-order valence-corrected chi connectivity index (χ2v) is 10.9. The average molecular weight is 614 g/mol. The zero-order valence-corrected chi connectivity index (χ0v) is 24.1. The molecule has 2 N–H and O–H groups in total. The molecule has 13 heteroatoms. The SMILES string of the molecule is CC(=O)c1cn(CC(=O)N2C[C@H](F)C[C@H]2C(=O)NCc2cccc(Cl)c2F)c2ccc(OC(=O)NCC3=NCCC3)cc12. The first kappa shape index (κ1) is 30.1. The Morgan fingerprint density at radius 3 is 2.70 bits per heavy atom. The number of fused-ring (bicyclic) bond motifs is 1. The molecule has 0 radical (unpaired) electrons. The van der Waals surface area contributed by atoms with Gasteiger partial charge in [0.15, 0.2) is 5.78 Å². The first-order valence-electron chi connectivity index (χ1n) is 13.9. The maximum atomic E-state index is 14.5. The van der Waals surface area contributed by atoms with E-state index in [1.165, 1.54) is 25.3 Å². The Bertz CT molecular complexity index is 1620. The number of rotatable bonds is 9. The number of alkyl halides is 1. The van der Waals surface area contributed by atoms with Gasteiger partial charge in [0, 0.05) is 53.4 Å². The lowest BCUT2D eigenvalue weighted by atomic mass is 10.1. The number of halogens is 3. The van der Waals surface area contributed by atoms with Gasteiger partial charge in [0.2, 0.25) is 11.8 Å². The number of ether oxygens (including phenoxy) is 1. The van der Waals surface area contributed by atoms with Crippen molar-refractivity contribution in [2.75, 3.05) is 19.6 Å². The van der Waals surface area contributed by atoms with Gasteiger partial charge < -0.3 is 24.8 Å². The monoisotopic (exact) mass is 613 g/mol. The highest BCUT2D eigenvalue weighted by Crippen LogP contribution is 2.28. The van der Waals surface area contributed by atoms with E-state index in [-0.39, 0.29) is 48.2 Å². The largest absolute Gasteiger partial charge is 0.412 e. The molecule has 3 aromatic rings. The summed E-state index contributed by atoms with van der Waals surface area (Å²) in [4.78, 5) is 56.5. The van der Waals surface area contributed by atoms with Crippen LogP contribution in [0.4, 0.5) is 13.6 Å². The van der Waals surface area contributed by atoms with Gasteiger partial charge >= 0.3 is 6.09 Å². The van der Waals surface area contributed by atoms with Crippen molar-refractivity contribution >= 4 is 51.9 Å². The third-order valence-electron chi connectivity index (χ3n) is 7.50. The molecule has 2 aliphatic rings.